The highest BCUT2D eigenvalue weighted by molar-refractivity contribution is 6.48. The standard InChI is InChI=1S/C18H27BO5/c1-7-22-14-10-8-9-13(11-14)15(12-16(20)21-6)19-23-17(2,3)18(4,5)24-19/h8-11,15H,7,12H2,1-6H3. The fourth-order valence-electron chi connectivity index (χ4n) is 2.69. The number of carbonyl (C=O) groups excluding carboxylic acids is 1. The Kier molecular flexibility index (Phi) is 5.61. The minimum atomic E-state index is -0.522. The zero-order chi connectivity index (χ0) is 18.0. The van der Waals surface area contributed by atoms with Gasteiger partial charge in [-0.1, -0.05) is 12.1 Å². The Morgan fingerprint density at radius 3 is 2.38 bits per heavy atom. The lowest BCUT2D eigenvalue weighted by Crippen LogP contribution is -2.41. The average molecular weight is 334 g/mol. The molecule has 1 aliphatic heterocycles. The Bertz CT molecular complexity index is 569. The van der Waals surface area contributed by atoms with Crippen molar-refractivity contribution in [3.8, 4) is 5.75 Å². The van der Waals surface area contributed by atoms with Crippen LogP contribution in [0.25, 0.3) is 0 Å². The van der Waals surface area contributed by atoms with Crippen LogP contribution in [-0.2, 0) is 18.8 Å². The van der Waals surface area contributed by atoms with Gasteiger partial charge in [-0.05, 0) is 52.3 Å². The highest BCUT2D eigenvalue weighted by Crippen LogP contribution is 2.42. The van der Waals surface area contributed by atoms with Crippen molar-refractivity contribution in [3.05, 3.63) is 29.8 Å². The number of methoxy groups -OCH3 is 1. The summed E-state index contributed by atoms with van der Waals surface area (Å²) < 4.78 is 22.7. The number of benzene rings is 1. The smallest absolute Gasteiger partial charge is 0.466 e. The fourth-order valence-corrected chi connectivity index (χ4v) is 2.69. The van der Waals surface area contributed by atoms with Crippen molar-refractivity contribution in [2.24, 2.45) is 0 Å². The second kappa shape index (κ2) is 7.15. The van der Waals surface area contributed by atoms with Gasteiger partial charge in [0.2, 0.25) is 0 Å². The molecular formula is C18H27BO5. The molecule has 0 spiro atoms. The third-order valence-electron chi connectivity index (χ3n) is 4.81. The number of hydrogen-bond donors (Lipinski definition) is 0. The summed E-state index contributed by atoms with van der Waals surface area (Å²) in [6.07, 6.45) is 0.183. The first-order chi connectivity index (χ1) is 11.2. The third-order valence-corrected chi connectivity index (χ3v) is 4.81. The quantitative estimate of drug-likeness (QED) is 0.590. The van der Waals surface area contributed by atoms with Crippen molar-refractivity contribution in [2.45, 2.75) is 58.1 Å². The first-order valence-corrected chi connectivity index (χ1v) is 8.35. The van der Waals surface area contributed by atoms with Crippen molar-refractivity contribution in [3.63, 3.8) is 0 Å². The molecular weight excluding hydrogens is 307 g/mol. The number of hydrogen-bond acceptors (Lipinski definition) is 5. The lowest BCUT2D eigenvalue weighted by atomic mass is 9.66. The highest BCUT2D eigenvalue weighted by Gasteiger charge is 2.54. The summed E-state index contributed by atoms with van der Waals surface area (Å²) in [6.45, 7) is 10.5. The molecule has 1 aromatic carbocycles. The molecule has 0 N–H and O–H groups in total. The molecule has 1 unspecified atom stereocenters. The maximum Gasteiger partial charge on any atom is 0.466 e. The SMILES string of the molecule is CCOc1cccc(C(CC(=O)OC)B2OC(C)(C)C(C)(C)O2)c1. The molecule has 5 nitrogen and oxygen atoms in total. The van der Waals surface area contributed by atoms with Gasteiger partial charge < -0.3 is 18.8 Å². The van der Waals surface area contributed by atoms with E-state index in [0.717, 1.165) is 11.3 Å². The predicted octanol–water partition coefficient (Wildman–Crippen LogP) is 3.36. The topological polar surface area (TPSA) is 54.0 Å². The maximum atomic E-state index is 11.9. The fraction of sp³-hybridized carbons (Fsp3) is 0.611. The van der Waals surface area contributed by atoms with Gasteiger partial charge in [0.05, 0.1) is 31.3 Å². The van der Waals surface area contributed by atoms with Crippen molar-refractivity contribution >= 4 is 13.1 Å². The van der Waals surface area contributed by atoms with Gasteiger partial charge in [0, 0.05) is 5.82 Å². The molecule has 132 valence electrons. The lowest BCUT2D eigenvalue weighted by molar-refractivity contribution is -0.140. The Balaban J connectivity index is 2.32. The van der Waals surface area contributed by atoms with Crippen molar-refractivity contribution in [1.29, 1.82) is 0 Å². The van der Waals surface area contributed by atoms with E-state index in [4.69, 9.17) is 18.8 Å². The summed E-state index contributed by atoms with van der Waals surface area (Å²) >= 11 is 0. The molecule has 1 aliphatic rings. The van der Waals surface area contributed by atoms with Gasteiger partial charge in [-0.15, -0.1) is 0 Å². The number of rotatable bonds is 6. The third kappa shape index (κ3) is 3.93. The van der Waals surface area contributed by atoms with Crippen molar-refractivity contribution in [2.75, 3.05) is 13.7 Å². The van der Waals surface area contributed by atoms with E-state index in [2.05, 4.69) is 0 Å². The highest BCUT2D eigenvalue weighted by atomic mass is 16.7. The van der Waals surface area contributed by atoms with Crippen LogP contribution in [0.3, 0.4) is 0 Å². The zero-order valence-electron chi connectivity index (χ0n) is 15.4. The Morgan fingerprint density at radius 2 is 1.83 bits per heavy atom. The first-order valence-electron chi connectivity index (χ1n) is 8.35. The van der Waals surface area contributed by atoms with Crippen LogP contribution >= 0.6 is 0 Å². The van der Waals surface area contributed by atoms with Crippen LogP contribution in [0.1, 0.15) is 52.4 Å². The van der Waals surface area contributed by atoms with Crippen LogP contribution in [0.15, 0.2) is 24.3 Å². The normalized spacial score (nSPS) is 19.8. The molecule has 0 saturated carbocycles. The van der Waals surface area contributed by atoms with Crippen LogP contribution in [-0.4, -0.2) is 38.0 Å². The maximum absolute atomic E-state index is 11.9. The molecule has 6 heteroatoms. The van der Waals surface area contributed by atoms with Gasteiger partial charge in [-0.3, -0.25) is 4.79 Å². The van der Waals surface area contributed by atoms with E-state index >= 15 is 0 Å². The molecule has 0 amide bonds. The summed E-state index contributed by atoms with van der Waals surface area (Å²) in [5.74, 6) is 0.205. The van der Waals surface area contributed by atoms with Crippen LogP contribution in [0.2, 0.25) is 0 Å². The Labute approximate surface area is 144 Å². The van der Waals surface area contributed by atoms with E-state index in [1.165, 1.54) is 7.11 Å². The van der Waals surface area contributed by atoms with Crippen molar-refractivity contribution in [1.82, 2.24) is 0 Å². The van der Waals surface area contributed by atoms with Crippen LogP contribution < -0.4 is 4.74 Å². The molecule has 1 fully saturated rings. The predicted molar refractivity (Wildman–Crippen MR) is 93.1 cm³/mol. The molecule has 2 rings (SSSR count). The molecule has 0 aliphatic carbocycles. The zero-order valence-corrected chi connectivity index (χ0v) is 15.4. The number of carbonyl (C=O) groups is 1. The monoisotopic (exact) mass is 334 g/mol. The summed E-state index contributed by atoms with van der Waals surface area (Å²) in [5, 5.41) is 0. The summed E-state index contributed by atoms with van der Waals surface area (Å²) in [5.41, 5.74) is 0.0255. The van der Waals surface area contributed by atoms with E-state index in [1.54, 1.807) is 0 Å². The number of ether oxygens (including phenoxy) is 2. The molecule has 0 aromatic heterocycles. The summed E-state index contributed by atoms with van der Waals surface area (Å²) in [4.78, 5) is 11.9. The minimum Gasteiger partial charge on any atom is -0.494 e. The van der Waals surface area contributed by atoms with E-state index in [1.807, 2.05) is 58.9 Å². The molecule has 1 atom stereocenters. The second-order valence-electron chi connectivity index (χ2n) is 7.02. The average Bonchev–Trinajstić information content (AvgIpc) is 2.73. The molecule has 0 radical (unpaired) electrons. The Morgan fingerprint density at radius 1 is 1.21 bits per heavy atom. The van der Waals surface area contributed by atoms with E-state index < -0.39 is 18.3 Å². The molecule has 1 heterocycles. The molecule has 1 saturated heterocycles. The van der Waals surface area contributed by atoms with E-state index in [-0.39, 0.29) is 18.2 Å². The summed E-state index contributed by atoms with van der Waals surface area (Å²) in [7, 11) is 0.867. The lowest BCUT2D eigenvalue weighted by Gasteiger charge is -2.32. The van der Waals surface area contributed by atoms with Crippen LogP contribution in [0, 0.1) is 0 Å². The first kappa shape index (κ1) is 18.8. The van der Waals surface area contributed by atoms with Crippen LogP contribution in [0.4, 0.5) is 0 Å². The molecule has 1 aromatic rings. The molecule has 0 bridgehead atoms. The van der Waals surface area contributed by atoms with E-state index in [0.29, 0.717) is 6.61 Å². The van der Waals surface area contributed by atoms with E-state index in [9.17, 15) is 4.79 Å². The van der Waals surface area contributed by atoms with Gasteiger partial charge in [-0.2, -0.15) is 0 Å². The number of esters is 1. The van der Waals surface area contributed by atoms with Gasteiger partial charge >= 0.3 is 13.1 Å². The van der Waals surface area contributed by atoms with Crippen LogP contribution in [0.5, 0.6) is 5.75 Å². The molecule has 24 heavy (non-hydrogen) atoms. The van der Waals surface area contributed by atoms with Gasteiger partial charge in [0.15, 0.2) is 0 Å². The van der Waals surface area contributed by atoms with Crippen molar-refractivity contribution < 1.29 is 23.6 Å². The Hall–Kier alpha value is -1.53. The summed E-state index contributed by atoms with van der Waals surface area (Å²) in [6, 6.07) is 7.70. The minimum absolute atomic E-state index is 0.183. The van der Waals surface area contributed by atoms with Gasteiger partial charge in [-0.25, -0.2) is 0 Å². The largest absolute Gasteiger partial charge is 0.494 e. The van der Waals surface area contributed by atoms with Gasteiger partial charge in [0.1, 0.15) is 5.75 Å². The van der Waals surface area contributed by atoms with Gasteiger partial charge in [0.25, 0.3) is 0 Å². The second-order valence-corrected chi connectivity index (χ2v) is 7.02.